The van der Waals surface area contributed by atoms with Gasteiger partial charge in [-0.25, -0.2) is 0 Å². The predicted molar refractivity (Wildman–Crippen MR) is 65.6 cm³/mol. The zero-order chi connectivity index (χ0) is 12.0. The van der Waals surface area contributed by atoms with Gasteiger partial charge in [-0.05, 0) is 32.5 Å². The van der Waals surface area contributed by atoms with Crippen LogP contribution in [0.5, 0.6) is 0 Å². The van der Waals surface area contributed by atoms with Crippen molar-refractivity contribution in [3.8, 4) is 0 Å². The summed E-state index contributed by atoms with van der Waals surface area (Å²) in [6.45, 7) is 9.84. The molecule has 0 saturated heterocycles. The molecule has 0 aliphatic carbocycles. The molecule has 92 valence electrons. The number of rotatable bonds is 7. The molecule has 0 amide bonds. The summed E-state index contributed by atoms with van der Waals surface area (Å²) in [6, 6.07) is 4.23. The molecule has 1 aromatic rings. The summed E-state index contributed by atoms with van der Waals surface area (Å²) in [7, 11) is 0. The van der Waals surface area contributed by atoms with E-state index in [1.807, 2.05) is 26.0 Å². The van der Waals surface area contributed by atoms with Gasteiger partial charge in [0.2, 0.25) is 0 Å². The van der Waals surface area contributed by atoms with Crippen LogP contribution in [0.25, 0.3) is 0 Å². The number of hydrogen-bond donors (Lipinski definition) is 1. The molecule has 0 spiro atoms. The van der Waals surface area contributed by atoms with Crippen molar-refractivity contribution in [1.82, 2.24) is 5.32 Å². The second-order valence-corrected chi connectivity index (χ2v) is 4.15. The quantitative estimate of drug-likeness (QED) is 0.774. The highest BCUT2D eigenvalue weighted by Gasteiger charge is 2.15. The number of aryl methyl sites for hydroxylation is 1. The second-order valence-electron chi connectivity index (χ2n) is 4.15. The number of likely N-dealkylation sites (N-methyl/N-ethyl adjacent to an activating group) is 1. The van der Waals surface area contributed by atoms with Crippen molar-refractivity contribution in [3.63, 3.8) is 0 Å². The molecule has 0 aliphatic heterocycles. The van der Waals surface area contributed by atoms with Crippen LogP contribution in [0.1, 0.15) is 45.3 Å². The smallest absolute Gasteiger partial charge is 0.123 e. The third kappa shape index (κ3) is 3.99. The Morgan fingerprint density at radius 3 is 2.56 bits per heavy atom. The Bertz CT molecular complexity index is 294. The molecule has 1 aromatic heterocycles. The molecule has 0 radical (unpaired) electrons. The van der Waals surface area contributed by atoms with Gasteiger partial charge in [0, 0.05) is 6.42 Å². The Morgan fingerprint density at radius 2 is 2.06 bits per heavy atom. The van der Waals surface area contributed by atoms with Crippen molar-refractivity contribution < 1.29 is 9.15 Å². The first-order chi connectivity index (χ1) is 7.67. The minimum atomic E-state index is 0.160. The monoisotopic (exact) mass is 225 g/mol. The average molecular weight is 225 g/mol. The second kappa shape index (κ2) is 6.71. The van der Waals surface area contributed by atoms with E-state index in [1.165, 1.54) is 0 Å². The van der Waals surface area contributed by atoms with E-state index in [-0.39, 0.29) is 12.1 Å². The molecule has 16 heavy (non-hydrogen) atoms. The predicted octanol–water partition coefficient (Wildman–Crippen LogP) is 2.92. The molecule has 0 fully saturated rings. The Hall–Kier alpha value is -0.800. The minimum Gasteiger partial charge on any atom is -0.464 e. The summed E-state index contributed by atoms with van der Waals surface area (Å²) in [6.07, 6.45) is 1.19. The van der Waals surface area contributed by atoms with Crippen molar-refractivity contribution in [2.75, 3.05) is 13.2 Å². The van der Waals surface area contributed by atoms with Crippen LogP contribution < -0.4 is 5.32 Å². The zero-order valence-corrected chi connectivity index (χ0v) is 10.7. The van der Waals surface area contributed by atoms with Gasteiger partial charge in [0.05, 0.1) is 18.8 Å². The molecule has 1 atom stereocenters. The Labute approximate surface area is 98.2 Å². The topological polar surface area (TPSA) is 34.4 Å². The van der Waals surface area contributed by atoms with Gasteiger partial charge in [-0.1, -0.05) is 13.8 Å². The first-order valence-corrected chi connectivity index (χ1v) is 6.10. The van der Waals surface area contributed by atoms with Gasteiger partial charge in [-0.2, -0.15) is 0 Å². The van der Waals surface area contributed by atoms with E-state index in [4.69, 9.17) is 9.15 Å². The number of ether oxygens (including phenoxy) is 1. The molecule has 0 saturated carbocycles. The lowest BCUT2D eigenvalue weighted by Gasteiger charge is -2.17. The van der Waals surface area contributed by atoms with Gasteiger partial charge in [0.15, 0.2) is 0 Å². The maximum absolute atomic E-state index is 5.74. The van der Waals surface area contributed by atoms with Gasteiger partial charge >= 0.3 is 0 Å². The molecule has 0 bridgehead atoms. The standard InChI is InChI=1S/C13H23NO2/c1-5-11-7-8-13(16-11)12(14-6-2)9-15-10(3)4/h7-8,10,12,14H,5-6,9H2,1-4H3. The first-order valence-electron chi connectivity index (χ1n) is 6.10. The third-order valence-corrected chi connectivity index (χ3v) is 2.42. The van der Waals surface area contributed by atoms with Crippen LogP contribution in [0.3, 0.4) is 0 Å². The van der Waals surface area contributed by atoms with E-state index < -0.39 is 0 Å². The summed E-state index contributed by atoms with van der Waals surface area (Å²) in [4.78, 5) is 0. The van der Waals surface area contributed by atoms with E-state index in [2.05, 4.69) is 19.2 Å². The minimum absolute atomic E-state index is 0.160. The van der Waals surface area contributed by atoms with Gasteiger partial charge in [-0.15, -0.1) is 0 Å². The van der Waals surface area contributed by atoms with E-state index in [0.29, 0.717) is 6.61 Å². The van der Waals surface area contributed by atoms with E-state index in [1.54, 1.807) is 0 Å². The van der Waals surface area contributed by atoms with Crippen molar-refractivity contribution in [2.24, 2.45) is 0 Å². The number of nitrogens with one attached hydrogen (secondary N) is 1. The van der Waals surface area contributed by atoms with E-state index >= 15 is 0 Å². The molecule has 1 rings (SSSR count). The maximum Gasteiger partial charge on any atom is 0.123 e. The van der Waals surface area contributed by atoms with Gasteiger partial charge in [0.25, 0.3) is 0 Å². The largest absolute Gasteiger partial charge is 0.464 e. The summed E-state index contributed by atoms with van der Waals surface area (Å²) in [5.74, 6) is 2.00. The lowest BCUT2D eigenvalue weighted by atomic mass is 10.2. The van der Waals surface area contributed by atoms with Crippen molar-refractivity contribution in [3.05, 3.63) is 23.7 Å². The fraction of sp³-hybridized carbons (Fsp3) is 0.692. The van der Waals surface area contributed by atoms with Crippen LogP contribution in [0, 0.1) is 0 Å². The third-order valence-electron chi connectivity index (χ3n) is 2.42. The molecule has 3 heteroatoms. The van der Waals surface area contributed by atoms with Gasteiger partial charge in [0.1, 0.15) is 11.5 Å². The zero-order valence-electron chi connectivity index (χ0n) is 10.7. The van der Waals surface area contributed by atoms with Crippen molar-refractivity contribution in [1.29, 1.82) is 0 Å². The highest BCUT2D eigenvalue weighted by molar-refractivity contribution is 5.10. The lowest BCUT2D eigenvalue weighted by Crippen LogP contribution is -2.26. The van der Waals surface area contributed by atoms with Crippen LogP contribution in [-0.4, -0.2) is 19.3 Å². The molecule has 0 aromatic carbocycles. The van der Waals surface area contributed by atoms with Crippen LogP contribution in [0.4, 0.5) is 0 Å². The van der Waals surface area contributed by atoms with Crippen molar-refractivity contribution in [2.45, 2.75) is 46.3 Å². The number of furan rings is 1. The summed E-state index contributed by atoms with van der Waals surface area (Å²) >= 11 is 0. The van der Waals surface area contributed by atoms with E-state index in [9.17, 15) is 0 Å². The Kier molecular flexibility index (Phi) is 5.56. The van der Waals surface area contributed by atoms with Crippen LogP contribution in [0.15, 0.2) is 16.5 Å². The molecule has 3 nitrogen and oxygen atoms in total. The average Bonchev–Trinajstić information content (AvgIpc) is 2.72. The highest BCUT2D eigenvalue weighted by atomic mass is 16.5. The maximum atomic E-state index is 5.74. The van der Waals surface area contributed by atoms with Crippen LogP contribution >= 0.6 is 0 Å². The van der Waals surface area contributed by atoms with Gasteiger partial charge < -0.3 is 14.5 Å². The van der Waals surface area contributed by atoms with Crippen LogP contribution in [0.2, 0.25) is 0 Å². The molecule has 1 unspecified atom stereocenters. The summed E-state index contributed by atoms with van der Waals surface area (Å²) in [5, 5.41) is 3.37. The molecule has 1 heterocycles. The summed E-state index contributed by atoms with van der Waals surface area (Å²) < 4.78 is 11.4. The first kappa shape index (κ1) is 13.3. The fourth-order valence-electron chi connectivity index (χ4n) is 1.55. The Balaban J connectivity index is 2.60. The van der Waals surface area contributed by atoms with E-state index in [0.717, 1.165) is 24.5 Å². The SMILES string of the molecule is CCNC(COC(C)C)c1ccc(CC)o1. The molecule has 1 N–H and O–H groups in total. The number of hydrogen-bond acceptors (Lipinski definition) is 3. The fourth-order valence-corrected chi connectivity index (χ4v) is 1.55. The molecular formula is C13H23NO2. The Morgan fingerprint density at radius 1 is 1.31 bits per heavy atom. The molecule has 0 aliphatic rings. The lowest BCUT2D eigenvalue weighted by molar-refractivity contribution is 0.0569. The summed E-state index contributed by atoms with van der Waals surface area (Å²) in [5.41, 5.74) is 0. The van der Waals surface area contributed by atoms with Crippen LogP contribution in [-0.2, 0) is 11.2 Å². The van der Waals surface area contributed by atoms with Crippen molar-refractivity contribution >= 4 is 0 Å². The highest BCUT2D eigenvalue weighted by Crippen LogP contribution is 2.18. The van der Waals surface area contributed by atoms with Gasteiger partial charge in [-0.3, -0.25) is 0 Å². The molecular weight excluding hydrogens is 202 g/mol. The normalized spacial score (nSPS) is 13.3.